The average molecular weight is 398 g/mol. The van der Waals surface area contributed by atoms with Crippen molar-refractivity contribution in [3.05, 3.63) is 71.8 Å². The second-order valence-corrected chi connectivity index (χ2v) is 9.44. The number of piperidine rings is 1. The normalized spacial score (nSPS) is 21.1. The number of aliphatic hydroxyl groups is 2. The maximum Gasteiger partial charge on any atom is 0.158 e. The molecule has 2 unspecified atom stereocenters. The highest BCUT2D eigenvalue weighted by Crippen LogP contribution is 2.42. The number of rotatable bonds is 7. The lowest BCUT2D eigenvalue weighted by atomic mass is 9.82. The Labute approximate surface area is 175 Å². The molecule has 0 aromatic heterocycles. The smallest absolute Gasteiger partial charge is 0.158 e. The third kappa shape index (κ3) is 5.26. The summed E-state index contributed by atoms with van der Waals surface area (Å²) in [5.41, 5.74) is 1.78. The summed E-state index contributed by atoms with van der Waals surface area (Å²) in [5, 5.41) is 22.5. The molecular formula is C25H35NO3. The van der Waals surface area contributed by atoms with Crippen LogP contribution in [-0.2, 0) is 4.84 Å². The largest absolute Gasteiger partial charge is 0.368 e. The fourth-order valence-corrected chi connectivity index (χ4v) is 4.66. The Balaban J connectivity index is 1.93. The predicted octanol–water partition coefficient (Wildman–Crippen LogP) is 5.19. The van der Waals surface area contributed by atoms with E-state index in [1.807, 2.05) is 48.5 Å². The molecule has 29 heavy (non-hydrogen) atoms. The van der Waals surface area contributed by atoms with E-state index in [4.69, 9.17) is 4.84 Å². The zero-order valence-corrected chi connectivity index (χ0v) is 18.1. The average Bonchev–Trinajstić information content (AvgIpc) is 2.67. The highest BCUT2D eigenvalue weighted by atomic mass is 16.7. The number of benzene rings is 2. The molecule has 4 heteroatoms. The van der Waals surface area contributed by atoms with Gasteiger partial charge in [-0.3, -0.25) is 4.84 Å². The van der Waals surface area contributed by atoms with Gasteiger partial charge in [0.25, 0.3) is 0 Å². The van der Waals surface area contributed by atoms with E-state index in [1.165, 1.54) is 6.42 Å². The van der Waals surface area contributed by atoms with Gasteiger partial charge in [0, 0.05) is 17.0 Å². The van der Waals surface area contributed by atoms with Crippen molar-refractivity contribution in [1.82, 2.24) is 5.06 Å². The first-order chi connectivity index (χ1) is 13.7. The molecule has 2 aromatic carbocycles. The van der Waals surface area contributed by atoms with Crippen molar-refractivity contribution >= 4 is 0 Å². The van der Waals surface area contributed by atoms with E-state index >= 15 is 0 Å². The van der Waals surface area contributed by atoms with E-state index in [9.17, 15) is 10.2 Å². The summed E-state index contributed by atoms with van der Waals surface area (Å²) in [5.74, 6) is -0.433. The van der Waals surface area contributed by atoms with Crippen LogP contribution < -0.4 is 0 Å². The van der Waals surface area contributed by atoms with Crippen molar-refractivity contribution in [3.63, 3.8) is 0 Å². The van der Waals surface area contributed by atoms with Crippen LogP contribution in [0.4, 0.5) is 0 Å². The third-order valence-electron chi connectivity index (χ3n) is 6.14. The molecule has 2 aromatic rings. The van der Waals surface area contributed by atoms with Gasteiger partial charge in [-0.1, -0.05) is 60.7 Å². The van der Waals surface area contributed by atoms with E-state index in [0.717, 1.165) is 24.0 Å². The molecule has 0 bridgehead atoms. The van der Waals surface area contributed by atoms with Crippen molar-refractivity contribution in [2.24, 2.45) is 0 Å². The number of hydroxylamine groups is 2. The molecule has 0 spiro atoms. The molecular weight excluding hydrogens is 362 g/mol. The van der Waals surface area contributed by atoms with Crippen molar-refractivity contribution < 1.29 is 15.1 Å². The second-order valence-electron chi connectivity index (χ2n) is 9.44. The minimum absolute atomic E-state index is 0.0884. The maximum atomic E-state index is 10.2. The number of hydrogen-bond donors (Lipinski definition) is 2. The van der Waals surface area contributed by atoms with E-state index < -0.39 is 12.2 Å². The van der Waals surface area contributed by atoms with E-state index in [1.54, 1.807) is 0 Å². The Bertz CT molecular complexity index is 742. The van der Waals surface area contributed by atoms with E-state index in [2.05, 4.69) is 44.9 Å². The lowest BCUT2D eigenvalue weighted by molar-refractivity contribution is -0.310. The molecule has 0 amide bonds. The van der Waals surface area contributed by atoms with Crippen molar-refractivity contribution in [1.29, 1.82) is 0 Å². The van der Waals surface area contributed by atoms with Gasteiger partial charge in [0.2, 0.25) is 0 Å². The lowest BCUT2D eigenvalue weighted by Crippen LogP contribution is -2.58. The highest BCUT2D eigenvalue weighted by molar-refractivity contribution is 5.23. The van der Waals surface area contributed by atoms with Crippen LogP contribution in [0.2, 0.25) is 0 Å². The molecule has 1 aliphatic heterocycles. The summed E-state index contributed by atoms with van der Waals surface area (Å²) in [6.45, 7) is 8.91. The molecule has 0 aliphatic carbocycles. The molecule has 2 atom stereocenters. The number of aliphatic hydroxyl groups excluding tert-OH is 1. The molecule has 0 radical (unpaired) electrons. The van der Waals surface area contributed by atoms with Gasteiger partial charge in [0.05, 0.1) is 0 Å². The van der Waals surface area contributed by atoms with E-state index in [-0.39, 0.29) is 17.2 Å². The van der Waals surface area contributed by atoms with Crippen molar-refractivity contribution in [2.75, 3.05) is 0 Å². The first-order valence-electron chi connectivity index (χ1n) is 10.6. The van der Waals surface area contributed by atoms with Gasteiger partial charge in [-0.15, -0.1) is 0 Å². The third-order valence-corrected chi connectivity index (χ3v) is 6.14. The molecule has 4 nitrogen and oxygen atoms in total. The standard InChI is InChI=1S/C25H35NO3/c1-24(2)16-11-17-25(3,4)26(24)29-22(20-14-9-6-10-15-20)18-21(23(27)28)19-12-7-5-8-13-19/h5-10,12-15,21-23,27-28H,11,16-18H2,1-4H3. The predicted molar refractivity (Wildman–Crippen MR) is 116 cm³/mol. The maximum absolute atomic E-state index is 10.2. The monoisotopic (exact) mass is 397 g/mol. The molecule has 1 saturated heterocycles. The quantitative estimate of drug-likeness (QED) is 0.632. The zero-order chi connectivity index (χ0) is 21.1. The van der Waals surface area contributed by atoms with Gasteiger partial charge in [-0.05, 0) is 64.5 Å². The molecule has 158 valence electrons. The van der Waals surface area contributed by atoms with Gasteiger partial charge in [0.1, 0.15) is 6.10 Å². The van der Waals surface area contributed by atoms with Crippen molar-refractivity contribution in [3.8, 4) is 0 Å². The van der Waals surface area contributed by atoms with Crippen LogP contribution in [0, 0.1) is 0 Å². The van der Waals surface area contributed by atoms with Crippen molar-refractivity contribution in [2.45, 2.75) is 82.8 Å². The fourth-order valence-electron chi connectivity index (χ4n) is 4.66. The highest BCUT2D eigenvalue weighted by Gasteiger charge is 2.44. The van der Waals surface area contributed by atoms with Gasteiger partial charge >= 0.3 is 0 Å². The summed E-state index contributed by atoms with van der Waals surface area (Å²) < 4.78 is 0. The topological polar surface area (TPSA) is 52.9 Å². The summed E-state index contributed by atoms with van der Waals surface area (Å²) in [6.07, 6.45) is 2.08. The minimum Gasteiger partial charge on any atom is -0.368 e. The molecule has 1 aliphatic rings. The zero-order valence-electron chi connectivity index (χ0n) is 18.1. The van der Waals surface area contributed by atoms with Crippen LogP contribution in [-0.4, -0.2) is 32.6 Å². The number of hydrogen-bond acceptors (Lipinski definition) is 4. The van der Waals surface area contributed by atoms with Crippen LogP contribution in [0.1, 0.15) is 76.5 Å². The Morgan fingerprint density at radius 2 is 1.31 bits per heavy atom. The lowest BCUT2D eigenvalue weighted by Gasteiger charge is -2.52. The van der Waals surface area contributed by atoms with Crippen LogP contribution in [0.5, 0.6) is 0 Å². The Hall–Kier alpha value is -1.72. The Morgan fingerprint density at radius 3 is 1.79 bits per heavy atom. The fraction of sp³-hybridized carbons (Fsp3) is 0.520. The van der Waals surface area contributed by atoms with Crippen LogP contribution >= 0.6 is 0 Å². The first-order valence-corrected chi connectivity index (χ1v) is 10.6. The first kappa shape index (κ1) is 22.0. The number of nitrogens with zero attached hydrogens (tertiary/aromatic N) is 1. The summed E-state index contributed by atoms with van der Waals surface area (Å²) >= 11 is 0. The summed E-state index contributed by atoms with van der Waals surface area (Å²) in [6, 6.07) is 19.8. The van der Waals surface area contributed by atoms with Gasteiger partial charge in [-0.2, -0.15) is 5.06 Å². The van der Waals surface area contributed by atoms with Crippen LogP contribution in [0.15, 0.2) is 60.7 Å². The second kappa shape index (κ2) is 8.97. The molecule has 2 N–H and O–H groups in total. The van der Waals surface area contributed by atoms with Gasteiger partial charge < -0.3 is 10.2 Å². The molecule has 0 saturated carbocycles. The SMILES string of the molecule is CC1(C)CCCC(C)(C)N1OC(CC(c1ccccc1)C(O)O)c1ccccc1. The summed E-state index contributed by atoms with van der Waals surface area (Å²) in [7, 11) is 0. The molecule has 3 rings (SSSR count). The molecule has 1 fully saturated rings. The Kier molecular flexibility index (Phi) is 6.79. The minimum atomic E-state index is -1.45. The van der Waals surface area contributed by atoms with Crippen LogP contribution in [0.3, 0.4) is 0 Å². The Morgan fingerprint density at radius 1 is 0.828 bits per heavy atom. The van der Waals surface area contributed by atoms with E-state index in [0.29, 0.717) is 6.42 Å². The summed E-state index contributed by atoms with van der Waals surface area (Å²) in [4.78, 5) is 6.72. The van der Waals surface area contributed by atoms with Gasteiger partial charge in [-0.25, -0.2) is 0 Å². The van der Waals surface area contributed by atoms with Gasteiger partial charge in [0.15, 0.2) is 6.29 Å². The van der Waals surface area contributed by atoms with Crippen LogP contribution in [0.25, 0.3) is 0 Å². The molecule has 1 heterocycles.